The molecule has 0 aliphatic carbocycles. The molecular formula is C18H23N3O2. The van der Waals surface area contributed by atoms with Crippen LogP contribution in [0.25, 0.3) is 10.9 Å². The monoisotopic (exact) mass is 313 g/mol. The first kappa shape index (κ1) is 16.8. The highest BCUT2D eigenvalue weighted by Gasteiger charge is 2.04. The van der Waals surface area contributed by atoms with Crippen LogP contribution in [0.5, 0.6) is 0 Å². The van der Waals surface area contributed by atoms with Gasteiger partial charge in [-0.2, -0.15) is 0 Å². The Kier molecular flexibility index (Phi) is 6.00. The molecule has 1 heterocycles. The van der Waals surface area contributed by atoms with Gasteiger partial charge >= 0.3 is 6.03 Å². The van der Waals surface area contributed by atoms with Crippen molar-refractivity contribution in [3.63, 3.8) is 0 Å². The summed E-state index contributed by atoms with van der Waals surface area (Å²) in [4.78, 5) is 11.7. The second-order valence-electron chi connectivity index (χ2n) is 5.20. The van der Waals surface area contributed by atoms with Crippen molar-refractivity contribution in [2.45, 2.75) is 20.4 Å². The summed E-state index contributed by atoms with van der Waals surface area (Å²) in [5.41, 5.74) is 2.94. The SMILES string of the molecule is CCn1cccccc(C)c2cc(NC(=O)NCCO)ccc21. The van der Waals surface area contributed by atoms with Crippen LogP contribution in [-0.2, 0) is 6.54 Å². The van der Waals surface area contributed by atoms with Crippen molar-refractivity contribution in [1.82, 2.24) is 9.88 Å². The number of hydrogen-bond donors (Lipinski definition) is 3. The zero-order chi connectivity index (χ0) is 16.7. The molecule has 0 saturated heterocycles. The van der Waals surface area contributed by atoms with Crippen LogP contribution in [0.1, 0.15) is 12.5 Å². The van der Waals surface area contributed by atoms with Crippen molar-refractivity contribution in [2.75, 3.05) is 18.5 Å². The molecule has 0 spiro atoms. The minimum atomic E-state index is -0.323. The van der Waals surface area contributed by atoms with Crippen molar-refractivity contribution in [3.05, 3.63) is 54.2 Å². The molecule has 0 aliphatic heterocycles. The van der Waals surface area contributed by atoms with Crippen molar-refractivity contribution in [2.24, 2.45) is 0 Å². The van der Waals surface area contributed by atoms with Crippen LogP contribution >= 0.6 is 0 Å². The first-order valence-electron chi connectivity index (χ1n) is 7.74. The summed E-state index contributed by atoms with van der Waals surface area (Å²) in [6.07, 6.45) is 2.04. The Bertz CT molecular complexity index is 736. The molecule has 0 bridgehead atoms. The number of carbonyl (C=O) groups excluding carboxylic acids is 1. The van der Waals surface area contributed by atoms with E-state index in [2.05, 4.69) is 35.1 Å². The fourth-order valence-corrected chi connectivity index (χ4v) is 2.39. The number of aliphatic hydroxyl groups excluding tert-OH is 1. The summed E-state index contributed by atoms with van der Waals surface area (Å²) in [5, 5.41) is 15.2. The van der Waals surface area contributed by atoms with Crippen molar-refractivity contribution < 1.29 is 9.90 Å². The molecule has 0 aliphatic rings. The molecule has 5 nitrogen and oxygen atoms in total. The Morgan fingerprint density at radius 2 is 2.04 bits per heavy atom. The van der Waals surface area contributed by atoms with Crippen LogP contribution in [0.15, 0.2) is 48.7 Å². The third-order valence-corrected chi connectivity index (χ3v) is 3.56. The highest BCUT2D eigenvalue weighted by atomic mass is 16.3. The van der Waals surface area contributed by atoms with Gasteiger partial charge in [-0.1, -0.05) is 18.2 Å². The Balaban J connectivity index is 2.50. The number of carbonyl (C=O) groups is 1. The number of rotatable bonds is 4. The lowest BCUT2D eigenvalue weighted by Gasteiger charge is -2.10. The zero-order valence-corrected chi connectivity index (χ0v) is 13.5. The van der Waals surface area contributed by atoms with Gasteiger partial charge in [0.15, 0.2) is 0 Å². The van der Waals surface area contributed by atoms with E-state index in [1.165, 1.54) is 0 Å². The van der Waals surface area contributed by atoms with Crippen LogP contribution < -0.4 is 10.6 Å². The van der Waals surface area contributed by atoms with Crippen LogP contribution in [0.4, 0.5) is 10.5 Å². The standard InChI is InChI=1S/C18H23N3O2/c1-3-21-11-6-4-5-7-14(2)16-13-15(8-9-17(16)21)20-18(23)19-10-12-22/h4-9,11,13,22H,3,10,12H2,1-2H3,(H2,19,20,23). The predicted octanol–water partition coefficient (Wildman–Crippen LogP) is 3.21. The molecule has 0 fully saturated rings. The maximum atomic E-state index is 11.7. The van der Waals surface area contributed by atoms with E-state index in [9.17, 15) is 4.79 Å². The number of amides is 2. The van der Waals surface area contributed by atoms with Crippen LogP contribution in [0, 0.1) is 6.92 Å². The normalized spacial score (nSPS) is 10.2. The van der Waals surface area contributed by atoms with E-state index in [4.69, 9.17) is 5.11 Å². The molecule has 0 unspecified atom stereocenters. The number of urea groups is 1. The van der Waals surface area contributed by atoms with E-state index < -0.39 is 0 Å². The molecule has 0 saturated carbocycles. The molecule has 0 atom stereocenters. The molecule has 2 aromatic rings. The number of fused-ring (bicyclic) bond motifs is 1. The molecule has 122 valence electrons. The van der Waals surface area contributed by atoms with E-state index in [0.29, 0.717) is 0 Å². The number of nitrogens with zero attached hydrogens (tertiary/aromatic N) is 1. The minimum Gasteiger partial charge on any atom is -0.395 e. The lowest BCUT2D eigenvalue weighted by atomic mass is 10.1. The van der Waals surface area contributed by atoms with Gasteiger partial charge in [-0.25, -0.2) is 4.79 Å². The number of nitrogens with one attached hydrogen (secondary N) is 2. The summed E-state index contributed by atoms with van der Waals surface area (Å²) >= 11 is 0. The summed E-state index contributed by atoms with van der Waals surface area (Å²) < 4.78 is 2.16. The van der Waals surface area contributed by atoms with E-state index in [1.807, 2.05) is 42.6 Å². The van der Waals surface area contributed by atoms with Crippen molar-refractivity contribution in [1.29, 1.82) is 0 Å². The molecular weight excluding hydrogens is 290 g/mol. The molecule has 2 rings (SSSR count). The zero-order valence-electron chi connectivity index (χ0n) is 13.5. The Morgan fingerprint density at radius 3 is 2.78 bits per heavy atom. The van der Waals surface area contributed by atoms with Gasteiger partial charge in [0.2, 0.25) is 0 Å². The first-order valence-corrected chi connectivity index (χ1v) is 7.74. The van der Waals surface area contributed by atoms with Crippen molar-refractivity contribution >= 4 is 22.6 Å². The number of aryl methyl sites for hydroxylation is 2. The highest BCUT2D eigenvalue weighted by molar-refractivity contribution is 5.93. The lowest BCUT2D eigenvalue weighted by Crippen LogP contribution is -2.30. The molecule has 2 amide bonds. The predicted molar refractivity (Wildman–Crippen MR) is 94.1 cm³/mol. The number of anilines is 1. The number of aromatic nitrogens is 1. The summed E-state index contributed by atoms with van der Waals surface area (Å²) in [5.74, 6) is 0. The number of benzene rings is 1. The van der Waals surface area contributed by atoms with Crippen LogP contribution in [0.3, 0.4) is 0 Å². The lowest BCUT2D eigenvalue weighted by molar-refractivity contribution is 0.245. The average molecular weight is 313 g/mol. The van der Waals surface area contributed by atoms with E-state index in [1.54, 1.807) is 0 Å². The van der Waals surface area contributed by atoms with Gasteiger partial charge < -0.3 is 20.3 Å². The van der Waals surface area contributed by atoms with E-state index in [-0.39, 0.29) is 19.2 Å². The van der Waals surface area contributed by atoms with Crippen molar-refractivity contribution in [3.8, 4) is 0 Å². The smallest absolute Gasteiger partial charge is 0.319 e. The van der Waals surface area contributed by atoms with Gasteiger partial charge in [-0.15, -0.1) is 0 Å². The number of aliphatic hydroxyl groups is 1. The second kappa shape index (κ2) is 8.19. The molecule has 1 aromatic carbocycles. The van der Waals surface area contributed by atoms with Gasteiger partial charge in [0.1, 0.15) is 0 Å². The minimum absolute atomic E-state index is 0.0798. The third kappa shape index (κ3) is 4.47. The van der Waals surface area contributed by atoms with Gasteiger partial charge in [0, 0.05) is 35.9 Å². The average Bonchev–Trinajstić information content (AvgIpc) is 2.63. The van der Waals surface area contributed by atoms with Gasteiger partial charge in [0.25, 0.3) is 0 Å². The fraction of sp³-hybridized carbons (Fsp3) is 0.278. The quantitative estimate of drug-likeness (QED) is 0.811. The number of hydrogen-bond acceptors (Lipinski definition) is 2. The third-order valence-electron chi connectivity index (χ3n) is 3.56. The maximum absolute atomic E-state index is 11.7. The van der Waals surface area contributed by atoms with Gasteiger partial charge in [-0.3, -0.25) is 0 Å². The largest absolute Gasteiger partial charge is 0.395 e. The van der Waals surface area contributed by atoms with Gasteiger partial charge in [0.05, 0.1) is 6.61 Å². The van der Waals surface area contributed by atoms with Gasteiger partial charge in [-0.05, 0) is 43.7 Å². The summed E-state index contributed by atoms with van der Waals surface area (Å²) in [6.45, 7) is 5.16. The van der Waals surface area contributed by atoms with Crippen LogP contribution in [-0.4, -0.2) is 28.9 Å². The Morgan fingerprint density at radius 1 is 1.22 bits per heavy atom. The fourth-order valence-electron chi connectivity index (χ4n) is 2.39. The molecule has 3 N–H and O–H groups in total. The molecule has 5 heteroatoms. The van der Waals surface area contributed by atoms with E-state index >= 15 is 0 Å². The maximum Gasteiger partial charge on any atom is 0.319 e. The highest BCUT2D eigenvalue weighted by Crippen LogP contribution is 2.21. The molecule has 1 aromatic heterocycles. The molecule has 0 radical (unpaired) electrons. The molecule has 23 heavy (non-hydrogen) atoms. The second-order valence-corrected chi connectivity index (χ2v) is 5.20. The topological polar surface area (TPSA) is 66.3 Å². The first-order chi connectivity index (χ1) is 11.2. The Hall–Kier alpha value is -2.53. The van der Waals surface area contributed by atoms with E-state index in [0.717, 1.165) is 28.7 Å². The summed E-state index contributed by atoms with van der Waals surface area (Å²) in [6, 6.07) is 13.6. The van der Waals surface area contributed by atoms with Crippen LogP contribution in [0.2, 0.25) is 0 Å². The Labute approximate surface area is 136 Å². The summed E-state index contributed by atoms with van der Waals surface area (Å²) in [7, 11) is 0.